The molecular formula is C28H38ClN7O3S. The highest BCUT2D eigenvalue weighted by Crippen LogP contribution is 2.32. The quantitative estimate of drug-likeness (QED) is 0.332. The van der Waals surface area contributed by atoms with Gasteiger partial charge in [0.15, 0.2) is 0 Å². The van der Waals surface area contributed by atoms with Gasteiger partial charge in [-0.3, -0.25) is 19.5 Å². The number of ether oxygens (including phenoxy) is 1. The standard InChI is InChI=1S/C16H30N4O2S.C12H8ClN3O/c1-16(2)14-17(11-12-22-16)13-15(21)18-7-9-20(10-8-18)23-19-5-3-4-6-19;13-7-3-9-8-1-2-14-5-11(8)16-12(9)10(4-7)15-6-17/h3-14H2,1-2H3;1-6,16H,(H,15,17). The summed E-state index contributed by atoms with van der Waals surface area (Å²) in [5.41, 5.74) is 2.30. The Labute approximate surface area is 244 Å². The number of nitrogens with one attached hydrogen (secondary N) is 2. The van der Waals surface area contributed by atoms with Crippen LogP contribution in [0.15, 0.2) is 30.6 Å². The molecule has 40 heavy (non-hydrogen) atoms. The number of hydrogen-bond donors (Lipinski definition) is 2. The minimum absolute atomic E-state index is 0.135. The number of morpholine rings is 1. The van der Waals surface area contributed by atoms with Crippen molar-refractivity contribution < 1.29 is 14.3 Å². The van der Waals surface area contributed by atoms with Crippen LogP contribution in [0, 0.1) is 0 Å². The van der Waals surface area contributed by atoms with Crippen molar-refractivity contribution in [3.8, 4) is 0 Å². The van der Waals surface area contributed by atoms with E-state index in [9.17, 15) is 9.59 Å². The number of aromatic nitrogens is 2. The molecule has 0 radical (unpaired) electrons. The fourth-order valence-electron chi connectivity index (χ4n) is 5.49. The van der Waals surface area contributed by atoms with E-state index in [0.717, 1.165) is 67.7 Å². The topological polar surface area (TPSA) is 97.0 Å². The Kier molecular flexibility index (Phi) is 9.49. The predicted octanol–water partition coefficient (Wildman–Crippen LogP) is 3.84. The van der Waals surface area contributed by atoms with Crippen molar-refractivity contribution in [3.63, 3.8) is 0 Å². The van der Waals surface area contributed by atoms with Crippen LogP contribution in [0.3, 0.4) is 0 Å². The number of nitrogens with zero attached hydrogens (tertiary/aromatic N) is 5. The number of carbonyl (C=O) groups is 2. The second-order valence-electron chi connectivity index (χ2n) is 11.0. The number of aromatic amines is 1. The van der Waals surface area contributed by atoms with Gasteiger partial charge in [0, 0.05) is 86.5 Å². The maximum atomic E-state index is 12.5. The summed E-state index contributed by atoms with van der Waals surface area (Å²) >= 11 is 7.91. The molecule has 2 aromatic heterocycles. The highest BCUT2D eigenvalue weighted by Gasteiger charge is 2.30. The van der Waals surface area contributed by atoms with Gasteiger partial charge in [-0.05, 0) is 44.9 Å². The van der Waals surface area contributed by atoms with Gasteiger partial charge < -0.3 is 19.9 Å². The molecule has 3 aromatic rings. The molecule has 0 saturated carbocycles. The Hall–Kier alpha value is -2.41. The van der Waals surface area contributed by atoms with Crippen LogP contribution in [0.4, 0.5) is 5.69 Å². The number of benzene rings is 1. The first-order chi connectivity index (χ1) is 19.3. The summed E-state index contributed by atoms with van der Waals surface area (Å²) in [4.78, 5) is 34.6. The van der Waals surface area contributed by atoms with E-state index in [1.54, 1.807) is 18.5 Å². The zero-order chi connectivity index (χ0) is 28.1. The van der Waals surface area contributed by atoms with Gasteiger partial charge in [-0.25, -0.2) is 8.61 Å². The molecule has 0 spiro atoms. The van der Waals surface area contributed by atoms with Crippen molar-refractivity contribution in [3.05, 3.63) is 35.6 Å². The molecule has 1 aromatic carbocycles. The van der Waals surface area contributed by atoms with E-state index in [1.165, 1.54) is 25.9 Å². The number of halogens is 1. The van der Waals surface area contributed by atoms with Gasteiger partial charge in [-0.15, -0.1) is 0 Å². The van der Waals surface area contributed by atoms with Crippen LogP contribution in [-0.4, -0.2) is 112 Å². The maximum Gasteiger partial charge on any atom is 0.236 e. The highest BCUT2D eigenvalue weighted by atomic mass is 35.5. The van der Waals surface area contributed by atoms with Crippen molar-refractivity contribution in [1.82, 2.24) is 28.4 Å². The normalized spacial score (nSPS) is 20.4. The van der Waals surface area contributed by atoms with Crippen molar-refractivity contribution in [2.24, 2.45) is 0 Å². The summed E-state index contributed by atoms with van der Waals surface area (Å²) < 4.78 is 10.6. The number of pyridine rings is 1. The average molecular weight is 588 g/mol. The summed E-state index contributed by atoms with van der Waals surface area (Å²) in [5, 5.41) is 5.22. The monoisotopic (exact) mass is 587 g/mol. The molecule has 3 saturated heterocycles. The van der Waals surface area contributed by atoms with Gasteiger partial charge in [-0.2, -0.15) is 0 Å². The molecular weight excluding hydrogens is 550 g/mol. The number of anilines is 1. The summed E-state index contributed by atoms with van der Waals surface area (Å²) in [5.74, 6) is 0.272. The largest absolute Gasteiger partial charge is 0.373 e. The summed E-state index contributed by atoms with van der Waals surface area (Å²) in [6.07, 6.45) is 6.74. The molecule has 12 heteroatoms. The number of hydrogen-bond acceptors (Lipinski definition) is 8. The van der Waals surface area contributed by atoms with Crippen molar-refractivity contribution in [2.75, 3.05) is 70.8 Å². The van der Waals surface area contributed by atoms with Gasteiger partial charge in [-0.1, -0.05) is 11.6 Å². The van der Waals surface area contributed by atoms with E-state index in [2.05, 4.69) is 42.6 Å². The molecule has 3 aliphatic rings. The lowest BCUT2D eigenvalue weighted by atomic mass is 10.1. The molecule has 216 valence electrons. The molecule has 0 bridgehead atoms. The van der Waals surface area contributed by atoms with Gasteiger partial charge in [0.05, 0.1) is 41.7 Å². The lowest BCUT2D eigenvalue weighted by Gasteiger charge is -2.40. The zero-order valence-electron chi connectivity index (χ0n) is 23.2. The van der Waals surface area contributed by atoms with E-state index in [1.807, 2.05) is 29.2 Å². The van der Waals surface area contributed by atoms with E-state index in [0.29, 0.717) is 23.7 Å². The van der Waals surface area contributed by atoms with E-state index < -0.39 is 0 Å². The number of carbonyl (C=O) groups excluding carboxylic acids is 2. The Morgan fingerprint density at radius 3 is 2.60 bits per heavy atom. The number of amides is 2. The Bertz CT molecular complexity index is 1320. The third-order valence-electron chi connectivity index (χ3n) is 7.44. The Balaban J connectivity index is 0.000000168. The van der Waals surface area contributed by atoms with E-state index in [4.69, 9.17) is 16.3 Å². The number of fused-ring (bicyclic) bond motifs is 3. The number of rotatable bonds is 6. The average Bonchev–Trinajstić information content (AvgIpc) is 3.57. The minimum atomic E-state index is -0.135. The molecule has 2 N–H and O–H groups in total. The van der Waals surface area contributed by atoms with Gasteiger partial charge in [0.25, 0.3) is 0 Å². The SMILES string of the molecule is CC1(C)CN(CC(=O)N2CCN(SN3CCCC3)CC2)CCO1.O=CNc1cc(Cl)cc2c1[nH]c1cnccc12. The van der Waals surface area contributed by atoms with Crippen molar-refractivity contribution in [2.45, 2.75) is 32.3 Å². The molecule has 0 unspecified atom stereocenters. The van der Waals surface area contributed by atoms with Crippen LogP contribution in [0.25, 0.3) is 21.8 Å². The maximum absolute atomic E-state index is 12.5. The fraction of sp³-hybridized carbons (Fsp3) is 0.536. The molecule has 5 heterocycles. The minimum Gasteiger partial charge on any atom is -0.373 e. The smallest absolute Gasteiger partial charge is 0.236 e. The third-order valence-corrected chi connectivity index (χ3v) is 8.85. The van der Waals surface area contributed by atoms with Crippen LogP contribution in [-0.2, 0) is 14.3 Å². The lowest BCUT2D eigenvalue weighted by molar-refractivity contribution is -0.138. The number of piperazine rings is 1. The van der Waals surface area contributed by atoms with Crippen LogP contribution >= 0.6 is 23.7 Å². The van der Waals surface area contributed by atoms with Crippen LogP contribution < -0.4 is 5.32 Å². The number of H-pyrrole nitrogens is 1. The second-order valence-corrected chi connectivity index (χ2v) is 12.7. The summed E-state index contributed by atoms with van der Waals surface area (Å²) in [6, 6.07) is 5.49. The van der Waals surface area contributed by atoms with Crippen LogP contribution in [0.2, 0.25) is 5.02 Å². The van der Waals surface area contributed by atoms with E-state index in [-0.39, 0.29) is 11.5 Å². The zero-order valence-corrected chi connectivity index (χ0v) is 24.8. The Morgan fingerprint density at radius 2 is 1.88 bits per heavy atom. The van der Waals surface area contributed by atoms with Gasteiger partial charge >= 0.3 is 0 Å². The molecule has 10 nitrogen and oxygen atoms in total. The molecule has 3 aliphatic heterocycles. The van der Waals surface area contributed by atoms with Crippen molar-refractivity contribution >= 4 is 63.5 Å². The summed E-state index contributed by atoms with van der Waals surface area (Å²) in [7, 11) is 0. The van der Waals surface area contributed by atoms with Crippen molar-refractivity contribution in [1.29, 1.82) is 0 Å². The molecule has 2 amide bonds. The first-order valence-corrected chi connectivity index (χ1v) is 15.0. The molecule has 0 aliphatic carbocycles. The van der Waals surface area contributed by atoms with Crippen LogP contribution in [0.1, 0.15) is 26.7 Å². The van der Waals surface area contributed by atoms with E-state index >= 15 is 0 Å². The Morgan fingerprint density at radius 1 is 1.12 bits per heavy atom. The fourth-order valence-corrected chi connectivity index (χ4v) is 6.78. The third kappa shape index (κ3) is 7.26. The summed E-state index contributed by atoms with van der Waals surface area (Å²) in [6.45, 7) is 13.2. The predicted molar refractivity (Wildman–Crippen MR) is 161 cm³/mol. The first-order valence-electron chi connectivity index (χ1n) is 13.9. The highest BCUT2D eigenvalue weighted by molar-refractivity contribution is 7.94. The molecule has 6 rings (SSSR count). The van der Waals surface area contributed by atoms with Crippen LogP contribution in [0.5, 0.6) is 0 Å². The van der Waals surface area contributed by atoms with Gasteiger partial charge in [0.1, 0.15) is 0 Å². The lowest BCUT2D eigenvalue weighted by Crippen LogP contribution is -2.54. The molecule has 0 atom stereocenters. The first kappa shape index (κ1) is 29.1. The van der Waals surface area contributed by atoms with Gasteiger partial charge in [0.2, 0.25) is 12.3 Å². The second kappa shape index (κ2) is 13.1. The molecule has 3 fully saturated rings.